The smallest absolute Gasteiger partial charge is 0.352 e. The summed E-state index contributed by atoms with van der Waals surface area (Å²) in [5.74, 6) is -3.19. The van der Waals surface area contributed by atoms with Gasteiger partial charge in [0.25, 0.3) is 17.7 Å². The molecular formula is C21H24F3N3O4. The van der Waals surface area contributed by atoms with E-state index < -0.39 is 35.3 Å². The lowest BCUT2D eigenvalue weighted by molar-refractivity contribution is -0.186. The Morgan fingerprint density at radius 2 is 1.61 bits per heavy atom. The number of carbonyl (C=O) groups is 4. The minimum absolute atomic E-state index is 0.0169. The fraction of sp³-hybridized carbons (Fsp3) is 0.524. The van der Waals surface area contributed by atoms with Crippen LogP contribution in [0.4, 0.5) is 13.2 Å². The van der Waals surface area contributed by atoms with Crippen molar-refractivity contribution in [3.8, 4) is 0 Å². The summed E-state index contributed by atoms with van der Waals surface area (Å²) in [4.78, 5) is 50.9. The summed E-state index contributed by atoms with van der Waals surface area (Å²) < 4.78 is 37.5. The van der Waals surface area contributed by atoms with Crippen molar-refractivity contribution in [3.05, 3.63) is 34.9 Å². The second-order valence-corrected chi connectivity index (χ2v) is 8.82. The van der Waals surface area contributed by atoms with Crippen LogP contribution in [0.15, 0.2) is 18.2 Å². The third-order valence-electron chi connectivity index (χ3n) is 5.52. The number of nitrogens with one attached hydrogen (secondary N) is 1. The van der Waals surface area contributed by atoms with Crippen LogP contribution in [0.5, 0.6) is 0 Å². The fourth-order valence-electron chi connectivity index (χ4n) is 3.85. The van der Waals surface area contributed by atoms with E-state index in [-0.39, 0.29) is 42.2 Å². The van der Waals surface area contributed by atoms with Gasteiger partial charge < -0.3 is 10.2 Å². The lowest BCUT2D eigenvalue weighted by atomic mass is 9.96. The van der Waals surface area contributed by atoms with Gasteiger partial charge in [0.05, 0.1) is 11.1 Å². The maximum atomic E-state index is 12.7. The number of hydrogen-bond donors (Lipinski definition) is 1. The number of benzene rings is 1. The number of imide groups is 1. The molecule has 168 valence electrons. The summed E-state index contributed by atoms with van der Waals surface area (Å²) >= 11 is 0. The van der Waals surface area contributed by atoms with Crippen LogP contribution in [0.25, 0.3) is 0 Å². The van der Waals surface area contributed by atoms with E-state index in [1.165, 1.54) is 18.2 Å². The average Bonchev–Trinajstić information content (AvgIpc) is 2.95. The average molecular weight is 439 g/mol. The van der Waals surface area contributed by atoms with Crippen molar-refractivity contribution in [3.63, 3.8) is 0 Å². The zero-order valence-electron chi connectivity index (χ0n) is 17.5. The van der Waals surface area contributed by atoms with Gasteiger partial charge in [0, 0.05) is 30.7 Å². The molecule has 0 aromatic heterocycles. The first-order valence-electron chi connectivity index (χ1n) is 9.98. The lowest BCUT2D eigenvalue weighted by Crippen LogP contribution is -2.46. The van der Waals surface area contributed by atoms with Gasteiger partial charge in [-0.1, -0.05) is 0 Å². The van der Waals surface area contributed by atoms with Crippen molar-refractivity contribution in [1.29, 1.82) is 0 Å². The Hall–Kier alpha value is -2.91. The number of likely N-dealkylation sites (tertiary alicyclic amines) is 1. The zero-order valence-corrected chi connectivity index (χ0v) is 17.5. The van der Waals surface area contributed by atoms with Crippen LogP contribution >= 0.6 is 0 Å². The first-order valence-corrected chi connectivity index (χ1v) is 9.98. The zero-order chi connectivity index (χ0) is 23.1. The number of hydrogen-bond acceptors (Lipinski definition) is 4. The molecule has 1 aromatic carbocycles. The molecule has 1 aromatic rings. The number of alkyl halides is 3. The predicted octanol–water partition coefficient (Wildman–Crippen LogP) is 2.61. The van der Waals surface area contributed by atoms with Gasteiger partial charge in [0.1, 0.15) is 0 Å². The number of nitrogens with zero attached hydrogens (tertiary/aromatic N) is 2. The van der Waals surface area contributed by atoms with Gasteiger partial charge in [-0.2, -0.15) is 13.2 Å². The second-order valence-electron chi connectivity index (χ2n) is 8.82. The van der Waals surface area contributed by atoms with Crippen LogP contribution < -0.4 is 5.32 Å². The summed E-state index contributed by atoms with van der Waals surface area (Å²) in [7, 11) is 0. The van der Waals surface area contributed by atoms with Gasteiger partial charge in [-0.05, 0) is 57.7 Å². The van der Waals surface area contributed by atoms with Crippen LogP contribution in [-0.2, 0) is 4.79 Å². The summed E-state index contributed by atoms with van der Waals surface area (Å²) in [6, 6.07) is 4.31. The molecule has 0 spiro atoms. The van der Waals surface area contributed by atoms with Crippen molar-refractivity contribution in [2.24, 2.45) is 5.92 Å². The fourth-order valence-corrected chi connectivity index (χ4v) is 3.85. The number of amides is 4. The van der Waals surface area contributed by atoms with Gasteiger partial charge in [-0.3, -0.25) is 24.1 Å². The molecule has 0 radical (unpaired) electrons. The molecule has 3 rings (SSSR count). The SMILES string of the molecule is CC(C)(C)N1C(=O)c2ccc(C(=O)NCC3CCN(C(=O)C(F)(F)F)CC3)cc2C1=O. The maximum Gasteiger partial charge on any atom is 0.471 e. The molecule has 10 heteroatoms. The Balaban J connectivity index is 1.59. The number of fused-ring (bicyclic) bond motifs is 1. The van der Waals surface area contributed by atoms with E-state index in [1.54, 1.807) is 20.8 Å². The van der Waals surface area contributed by atoms with Crippen LogP contribution in [0.2, 0.25) is 0 Å². The number of halogens is 3. The molecule has 2 aliphatic heterocycles. The predicted molar refractivity (Wildman–Crippen MR) is 104 cm³/mol. The quantitative estimate of drug-likeness (QED) is 0.734. The summed E-state index contributed by atoms with van der Waals surface area (Å²) in [6.45, 7) is 5.44. The van der Waals surface area contributed by atoms with Crippen LogP contribution in [0.1, 0.15) is 64.7 Å². The Bertz CT molecular complexity index is 929. The van der Waals surface area contributed by atoms with E-state index in [9.17, 15) is 32.3 Å². The minimum Gasteiger partial charge on any atom is -0.352 e. The molecule has 7 nitrogen and oxygen atoms in total. The molecule has 0 aliphatic carbocycles. The molecule has 1 saturated heterocycles. The Morgan fingerprint density at radius 3 is 2.16 bits per heavy atom. The monoisotopic (exact) mass is 439 g/mol. The van der Waals surface area contributed by atoms with Gasteiger partial charge >= 0.3 is 12.1 Å². The maximum absolute atomic E-state index is 12.7. The lowest BCUT2D eigenvalue weighted by Gasteiger charge is -2.32. The summed E-state index contributed by atoms with van der Waals surface area (Å²) in [6.07, 6.45) is -4.18. The molecule has 0 unspecified atom stereocenters. The van der Waals surface area contributed by atoms with E-state index in [2.05, 4.69) is 5.32 Å². The molecule has 0 saturated carbocycles. The number of rotatable bonds is 3. The first kappa shape index (κ1) is 22.8. The highest BCUT2D eigenvalue weighted by molar-refractivity contribution is 6.22. The highest BCUT2D eigenvalue weighted by Crippen LogP contribution is 2.30. The summed E-state index contributed by atoms with van der Waals surface area (Å²) in [5.41, 5.74) is -0.0529. The normalized spacial score (nSPS) is 17.7. The van der Waals surface area contributed by atoms with Crippen LogP contribution in [-0.4, -0.2) is 64.8 Å². The van der Waals surface area contributed by atoms with Crippen molar-refractivity contribution in [1.82, 2.24) is 15.1 Å². The molecule has 2 heterocycles. The van der Waals surface area contributed by atoms with Gasteiger partial charge in [0.2, 0.25) is 0 Å². The van der Waals surface area contributed by atoms with Crippen molar-refractivity contribution < 1.29 is 32.3 Å². The Labute approximate surface area is 177 Å². The molecule has 1 fully saturated rings. The van der Waals surface area contributed by atoms with Crippen LogP contribution in [0, 0.1) is 5.92 Å². The third kappa shape index (κ3) is 4.57. The van der Waals surface area contributed by atoms with Gasteiger partial charge in [-0.15, -0.1) is 0 Å². The highest BCUT2D eigenvalue weighted by Gasteiger charge is 2.44. The van der Waals surface area contributed by atoms with E-state index >= 15 is 0 Å². The Kier molecular flexibility index (Phi) is 5.86. The van der Waals surface area contributed by atoms with Crippen molar-refractivity contribution in [2.45, 2.75) is 45.3 Å². The second kappa shape index (κ2) is 7.97. The van der Waals surface area contributed by atoms with E-state index in [1.807, 2.05) is 0 Å². The molecule has 4 amide bonds. The Morgan fingerprint density at radius 1 is 1.03 bits per heavy atom. The summed E-state index contributed by atoms with van der Waals surface area (Å²) in [5, 5.41) is 2.73. The topological polar surface area (TPSA) is 86.8 Å². The highest BCUT2D eigenvalue weighted by atomic mass is 19.4. The number of carbonyl (C=O) groups excluding carboxylic acids is 4. The third-order valence-corrected chi connectivity index (χ3v) is 5.52. The molecule has 2 aliphatic rings. The van der Waals surface area contributed by atoms with Gasteiger partial charge in [-0.25, -0.2) is 0 Å². The molecule has 0 atom stereocenters. The van der Waals surface area contributed by atoms with Crippen LogP contribution in [0.3, 0.4) is 0 Å². The van der Waals surface area contributed by atoms with E-state index in [4.69, 9.17) is 0 Å². The van der Waals surface area contributed by atoms with Crippen molar-refractivity contribution in [2.75, 3.05) is 19.6 Å². The largest absolute Gasteiger partial charge is 0.471 e. The first-order chi connectivity index (χ1) is 14.3. The van der Waals surface area contributed by atoms with E-state index in [0.29, 0.717) is 12.8 Å². The van der Waals surface area contributed by atoms with Gasteiger partial charge in [0.15, 0.2) is 0 Å². The standard InChI is InChI=1S/C21H24F3N3O4/c1-20(2,3)27-17(29)14-5-4-13(10-15(14)18(27)30)16(28)25-11-12-6-8-26(9-7-12)19(31)21(22,23)24/h4-5,10,12H,6-9,11H2,1-3H3,(H,25,28). The van der Waals surface area contributed by atoms with Crippen molar-refractivity contribution >= 4 is 23.6 Å². The molecular weight excluding hydrogens is 415 g/mol. The molecule has 31 heavy (non-hydrogen) atoms. The molecule has 1 N–H and O–H groups in total. The van der Waals surface area contributed by atoms with E-state index in [0.717, 1.165) is 9.80 Å². The minimum atomic E-state index is -4.88. The number of piperidine rings is 1. The molecule has 0 bridgehead atoms.